The minimum atomic E-state index is 0.159. The smallest absolute Gasteiger partial charge is 0.254 e. The number of piperidine rings is 1. The molecule has 3 nitrogen and oxygen atoms in total. The molecule has 2 atom stereocenters. The molecule has 1 aliphatic rings. The van der Waals surface area contributed by atoms with Crippen LogP contribution in [-0.4, -0.2) is 29.9 Å². The number of carbonyl (C=O) groups excluding carboxylic acids is 1. The molecule has 0 spiro atoms. The highest BCUT2D eigenvalue weighted by atomic mass is 32.1. The van der Waals surface area contributed by atoms with Crippen LogP contribution in [0.2, 0.25) is 0 Å². The average Bonchev–Trinajstić information content (AvgIpc) is 2.82. The van der Waals surface area contributed by atoms with Crippen molar-refractivity contribution in [3.63, 3.8) is 0 Å². The fraction of sp³-hybridized carbons (Fsp3) is 0.583. The first-order valence-corrected chi connectivity index (χ1v) is 6.73. The molecule has 2 unspecified atom stereocenters. The minimum absolute atomic E-state index is 0.159. The van der Waals surface area contributed by atoms with Gasteiger partial charge in [-0.3, -0.25) is 4.79 Å². The summed E-state index contributed by atoms with van der Waals surface area (Å²) in [6.07, 6.45) is 1.98. The Kier molecular flexibility index (Phi) is 3.61. The lowest BCUT2D eigenvalue weighted by molar-refractivity contribution is 0.0650. The third-order valence-electron chi connectivity index (χ3n) is 3.37. The van der Waals surface area contributed by atoms with Gasteiger partial charge in [-0.2, -0.15) is 11.3 Å². The summed E-state index contributed by atoms with van der Waals surface area (Å²) in [5.74, 6) is 0.614. The van der Waals surface area contributed by atoms with Crippen molar-refractivity contribution in [1.82, 2.24) is 4.90 Å². The summed E-state index contributed by atoms with van der Waals surface area (Å²) in [5, 5.41) is 3.86. The second-order valence-corrected chi connectivity index (χ2v) is 5.16. The van der Waals surface area contributed by atoms with Crippen LogP contribution in [0.15, 0.2) is 16.8 Å². The van der Waals surface area contributed by atoms with Crippen LogP contribution in [0.25, 0.3) is 0 Å². The third-order valence-corrected chi connectivity index (χ3v) is 4.06. The molecular formula is C12H18N2OS. The van der Waals surface area contributed by atoms with Gasteiger partial charge in [0.1, 0.15) is 0 Å². The Hall–Kier alpha value is -0.870. The summed E-state index contributed by atoms with van der Waals surface area (Å²) < 4.78 is 0. The van der Waals surface area contributed by atoms with Crippen molar-refractivity contribution in [2.45, 2.75) is 25.8 Å². The highest BCUT2D eigenvalue weighted by molar-refractivity contribution is 7.08. The number of rotatable bonds is 2. The van der Waals surface area contributed by atoms with Crippen LogP contribution >= 0.6 is 11.3 Å². The number of hydrogen-bond donors (Lipinski definition) is 1. The van der Waals surface area contributed by atoms with E-state index >= 15 is 0 Å². The summed E-state index contributed by atoms with van der Waals surface area (Å²) in [6.45, 7) is 3.75. The van der Waals surface area contributed by atoms with Crippen molar-refractivity contribution in [2.75, 3.05) is 13.1 Å². The van der Waals surface area contributed by atoms with E-state index in [1.54, 1.807) is 11.3 Å². The van der Waals surface area contributed by atoms with Crippen LogP contribution in [0.1, 0.15) is 30.1 Å². The van der Waals surface area contributed by atoms with Crippen molar-refractivity contribution in [1.29, 1.82) is 0 Å². The summed E-state index contributed by atoms with van der Waals surface area (Å²) in [5.41, 5.74) is 6.85. The van der Waals surface area contributed by atoms with E-state index in [4.69, 9.17) is 5.73 Å². The first kappa shape index (κ1) is 11.6. The van der Waals surface area contributed by atoms with Gasteiger partial charge in [-0.05, 0) is 23.8 Å². The Morgan fingerprint density at radius 1 is 1.69 bits per heavy atom. The maximum atomic E-state index is 12.1. The molecule has 88 valence electrons. The van der Waals surface area contributed by atoms with Crippen LogP contribution in [0.4, 0.5) is 0 Å². The topological polar surface area (TPSA) is 46.3 Å². The maximum absolute atomic E-state index is 12.1. The normalized spacial score (nSPS) is 25.8. The largest absolute Gasteiger partial charge is 0.338 e. The van der Waals surface area contributed by atoms with E-state index in [0.717, 1.165) is 31.5 Å². The van der Waals surface area contributed by atoms with Gasteiger partial charge in [0.25, 0.3) is 5.91 Å². The van der Waals surface area contributed by atoms with Crippen molar-refractivity contribution in [3.05, 3.63) is 22.4 Å². The molecule has 0 bridgehead atoms. The van der Waals surface area contributed by atoms with Crippen molar-refractivity contribution in [2.24, 2.45) is 11.7 Å². The molecule has 1 fully saturated rings. The second kappa shape index (κ2) is 4.97. The highest BCUT2D eigenvalue weighted by Gasteiger charge is 2.28. The SMILES string of the molecule is CCC1CN(C(=O)c2ccsc2)CCC1N. The predicted octanol–water partition coefficient (Wildman–Crippen LogP) is 1.95. The van der Waals surface area contributed by atoms with E-state index in [1.807, 2.05) is 21.7 Å². The van der Waals surface area contributed by atoms with Crippen LogP contribution in [0.5, 0.6) is 0 Å². The van der Waals surface area contributed by atoms with Crippen LogP contribution in [-0.2, 0) is 0 Å². The zero-order valence-corrected chi connectivity index (χ0v) is 10.4. The molecule has 1 aromatic rings. The Morgan fingerprint density at radius 2 is 2.50 bits per heavy atom. The van der Waals surface area contributed by atoms with Gasteiger partial charge in [0.15, 0.2) is 0 Å². The first-order chi connectivity index (χ1) is 7.72. The first-order valence-electron chi connectivity index (χ1n) is 5.79. The van der Waals surface area contributed by atoms with Crippen molar-refractivity contribution < 1.29 is 4.79 Å². The number of thiophene rings is 1. The summed E-state index contributed by atoms with van der Waals surface area (Å²) in [6, 6.07) is 2.15. The molecule has 2 N–H and O–H groups in total. The Bertz CT molecular complexity index is 350. The minimum Gasteiger partial charge on any atom is -0.338 e. The Morgan fingerprint density at radius 3 is 3.12 bits per heavy atom. The maximum Gasteiger partial charge on any atom is 0.254 e. The second-order valence-electron chi connectivity index (χ2n) is 4.38. The average molecular weight is 238 g/mol. The van der Waals surface area contributed by atoms with Crippen LogP contribution < -0.4 is 5.73 Å². The quantitative estimate of drug-likeness (QED) is 0.856. The van der Waals surface area contributed by atoms with Gasteiger partial charge in [0.05, 0.1) is 5.56 Å². The Labute approximate surface area is 100 Å². The van der Waals surface area contributed by atoms with E-state index in [1.165, 1.54) is 0 Å². The van der Waals surface area contributed by atoms with Gasteiger partial charge in [-0.15, -0.1) is 0 Å². The van der Waals surface area contributed by atoms with Gasteiger partial charge in [-0.1, -0.05) is 13.3 Å². The number of amides is 1. The van der Waals surface area contributed by atoms with Crippen molar-refractivity contribution >= 4 is 17.2 Å². The van der Waals surface area contributed by atoms with Gasteiger partial charge in [0, 0.05) is 24.5 Å². The summed E-state index contributed by atoms with van der Waals surface area (Å²) in [7, 11) is 0. The van der Waals surface area contributed by atoms with E-state index in [2.05, 4.69) is 6.92 Å². The van der Waals surface area contributed by atoms with E-state index in [0.29, 0.717) is 5.92 Å². The fourth-order valence-corrected chi connectivity index (χ4v) is 2.87. The van der Waals surface area contributed by atoms with Gasteiger partial charge in [0.2, 0.25) is 0 Å². The predicted molar refractivity (Wildman–Crippen MR) is 66.6 cm³/mol. The molecule has 0 aliphatic carbocycles. The molecule has 1 aliphatic heterocycles. The van der Waals surface area contributed by atoms with E-state index < -0.39 is 0 Å². The lowest BCUT2D eigenvalue weighted by Gasteiger charge is -2.36. The fourth-order valence-electron chi connectivity index (χ4n) is 2.24. The zero-order valence-electron chi connectivity index (χ0n) is 9.56. The molecular weight excluding hydrogens is 220 g/mol. The molecule has 0 saturated carbocycles. The summed E-state index contributed by atoms with van der Waals surface area (Å²) in [4.78, 5) is 14.1. The van der Waals surface area contributed by atoms with E-state index in [9.17, 15) is 4.79 Å². The number of nitrogens with two attached hydrogens (primary N) is 1. The molecule has 1 amide bonds. The number of hydrogen-bond acceptors (Lipinski definition) is 3. The lowest BCUT2D eigenvalue weighted by atomic mass is 9.90. The van der Waals surface area contributed by atoms with Crippen LogP contribution in [0, 0.1) is 5.92 Å². The highest BCUT2D eigenvalue weighted by Crippen LogP contribution is 2.20. The molecule has 2 heterocycles. The molecule has 0 aromatic carbocycles. The lowest BCUT2D eigenvalue weighted by Crippen LogP contribution is -2.48. The number of nitrogens with zero attached hydrogens (tertiary/aromatic N) is 1. The number of likely N-dealkylation sites (tertiary alicyclic amines) is 1. The molecule has 1 aromatic heterocycles. The summed E-state index contributed by atoms with van der Waals surface area (Å²) >= 11 is 1.57. The molecule has 2 rings (SSSR count). The molecule has 4 heteroatoms. The monoisotopic (exact) mass is 238 g/mol. The van der Waals surface area contributed by atoms with Crippen LogP contribution in [0.3, 0.4) is 0 Å². The van der Waals surface area contributed by atoms with Gasteiger partial charge in [-0.25, -0.2) is 0 Å². The molecule has 0 radical (unpaired) electrons. The van der Waals surface area contributed by atoms with Gasteiger partial charge < -0.3 is 10.6 Å². The molecule has 16 heavy (non-hydrogen) atoms. The zero-order chi connectivity index (χ0) is 11.5. The Balaban J connectivity index is 2.03. The van der Waals surface area contributed by atoms with Crippen molar-refractivity contribution in [3.8, 4) is 0 Å². The van der Waals surface area contributed by atoms with E-state index in [-0.39, 0.29) is 11.9 Å². The molecule has 1 saturated heterocycles. The third kappa shape index (κ3) is 2.28. The van der Waals surface area contributed by atoms with Gasteiger partial charge >= 0.3 is 0 Å². The number of carbonyl (C=O) groups is 1. The standard InChI is InChI=1S/C12H18N2OS/c1-2-9-7-14(5-3-11(9)13)12(15)10-4-6-16-8-10/h4,6,8-9,11H,2-3,5,7,13H2,1H3.